The number of carbonyl (C=O) groups is 1. The fourth-order valence-corrected chi connectivity index (χ4v) is 6.61. The van der Waals surface area contributed by atoms with Gasteiger partial charge >= 0.3 is 0 Å². The van der Waals surface area contributed by atoms with Crippen molar-refractivity contribution in [2.24, 2.45) is 23.7 Å². The number of sulfonamides is 1. The number of hydrogen-bond donors (Lipinski definition) is 2. The molecule has 6 nitrogen and oxygen atoms in total. The zero-order chi connectivity index (χ0) is 22.7. The minimum absolute atomic E-state index is 0.0505. The third-order valence-corrected chi connectivity index (χ3v) is 9.15. The third kappa shape index (κ3) is 5.15. The highest BCUT2D eigenvalue weighted by Gasteiger charge is 2.32. The van der Waals surface area contributed by atoms with Crippen molar-refractivity contribution in [2.75, 3.05) is 6.54 Å². The van der Waals surface area contributed by atoms with E-state index in [0.717, 1.165) is 37.5 Å². The number of carbonyl (C=O) groups excluding carboxylic acids is 1. The summed E-state index contributed by atoms with van der Waals surface area (Å²) in [5.74, 6) is 1.69. The standard InChI is InChI=1S/C25H35N3O3S/c1-17-6-3-9-22(18(17)2)28-25(29)21-13-11-19(12-14-21)16-27-32(30,31)23-10-4-7-20-8-5-15-26-24(20)23/h4-5,7-8,10,15,17-19,21-22,27H,3,6,9,11-14,16H2,1-2H3,(H,28,29). The van der Waals surface area contributed by atoms with E-state index in [2.05, 4.69) is 28.9 Å². The fourth-order valence-electron chi connectivity index (χ4n) is 5.31. The molecule has 2 aromatic rings. The average Bonchev–Trinajstić information content (AvgIpc) is 2.80. The molecule has 32 heavy (non-hydrogen) atoms. The van der Waals surface area contributed by atoms with Gasteiger partial charge < -0.3 is 5.32 Å². The first-order chi connectivity index (χ1) is 15.3. The molecule has 0 spiro atoms. The van der Waals surface area contributed by atoms with Gasteiger partial charge in [-0.05, 0) is 62.0 Å². The molecule has 2 saturated carbocycles. The van der Waals surface area contributed by atoms with Crippen LogP contribution in [-0.4, -0.2) is 31.9 Å². The molecule has 0 bridgehead atoms. The lowest BCUT2D eigenvalue weighted by Gasteiger charge is -2.36. The van der Waals surface area contributed by atoms with Gasteiger partial charge in [0.1, 0.15) is 4.90 Å². The molecule has 1 amide bonds. The summed E-state index contributed by atoms with van der Waals surface area (Å²) in [7, 11) is -3.64. The number of nitrogens with one attached hydrogen (secondary N) is 2. The SMILES string of the molecule is CC1CCCC(NC(=O)C2CCC(CNS(=O)(=O)c3cccc4cccnc34)CC2)C1C. The Hall–Kier alpha value is -1.99. The topological polar surface area (TPSA) is 88.2 Å². The number of aromatic nitrogens is 1. The molecule has 174 valence electrons. The monoisotopic (exact) mass is 457 g/mol. The molecular formula is C25H35N3O3S. The Morgan fingerprint density at radius 2 is 1.78 bits per heavy atom. The van der Waals surface area contributed by atoms with Crippen LogP contribution in [0.4, 0.5) is 0 Å². The van der Waals surface area contributed by atoms with Crippen molar-refractivity contribution in [1.82, 2.24) is 15.0 Å². The molecule has 1 heterocycles. The molecule has 0 saturated heterocycles. The highest BCUT2D eigenvalue weighted by molar-refractivity contribution is 7.89. The van der Waals surface area contributed by atoms with Crippen LogP contribution in [0.25, 0.3) is 10.9 Å². The second-order valence-electron chi connectivity index (χ2n) is 9.78. The Labute approximate surface area is 191 Å². The smallest absolute Gasteiger partial charge is 0.242 e. The summed E-state index contributed by atoms with van der Waals surface area (Å²) < 4.78 is 28.6. The first-order valence-electron chi connectivity index (χ1n) is 12.0. The van der Waals surface area contributed by atoms with E-state index in [9.17, 15) is 13.2 Å². The summed E-state index contributed by atoms with van der Waals surface area (Å²) in [5.41, 5.74) is 0.495. The Morgan fingerprint density at radius 1 is 1.03 bits per heavy atom. The molecule has 2 aliphatic rings. The maximum absolute atomic E-state index is 12.9. The molecule has 2 aliphatic carbocycles. The lowest BCUT2D eigenvalue weighted by Crippen LogP contribution is -2.46. The van der Waals surface area contributed by atoms with Crippen LogP contribution in [0.3, 0.4) is 0 Å². The quantitative estimate of drug-likeness (QED) is 0.678. The van der Waals surface area contributed by atoms with Crippen molar-refractivity contribution in [3.8, 4) is 0 Å². The van der Waals surface area contributed by atoms with Crippen LogP contribution in [-0.2, 0) is 14.8 Å². The molecule has 1 aromatic heterocycles. The van der Waals surface area contributed by atoms with Crippen molar-refractivity contribution in [3.05, 3.63) is 36.5 Å². The van der Waals surface area contributed by atoms with Gasteiger partial charge in [-0.2, -0.15) is 0 Å². The summed E-state index contributed by atoms with van der Waals surface area (Å²) in [6.07, 6.45) is 8.52. The van der Waals surface area contributed by atoms with Gasteiger partial charge in [0, 0.05) is 30.1 Å². The van der Waals surface area contributed by atoms with Gasteiger partial charge in [0.2, 0.25) is 15.9 Å². The van der Waals surface area contributed by atoms with Crippen LogP contribution in [0.15, 0.2) is 41.4 Å². The Kier molecular flexibility index (Phi) is 7.15. The van der Waals surface area contributed by atoms with E-state index < -0.39 is 10.0 Å². The van der Waals surface area contributed by atoms with Gasteiger partial charge in [0.15, 0.2) is 0 Å². The van der Waals surface area contributed by atoms with Crippen LogP contribution in [0.2, 0.25) is 0 Å². The second-order valence-corrected chi connectivity index (χ2v) is 11.5. The summed E-state index contributed by atoms with van der Waals surface area (Å²) in [5, 5.41) is 4.13. The number of nitrogens with zero attached hydrogens (tertiary/aromatic N) is 1. The highest BCUT2D eigenvalue weighted by Crippen LogP contribution is 2.32. The molecular weight excluding hydrogens is 422 g/mol. The molecule has 1 aromatic carbocycles. The number of fused-ring (bicyclic) bond motifs is 1. The minimum Gasteiger partial charge on any atom is -0.353 e. The second kappa shape index (κ2) is 9.87. The summed E-state index contributed by atoms with van der Waals surface area (Å²) >= 11 is 0. The number of para-hydroxylation sites is 1. The first-order valence-corrected chi connectivity index (χ1v) is 13.5. The van der Waals surface area contributed by atoms with E-state index in [-0.39, 0.29) is 22.6 Å². The maximum atomic E-state index is 12.9. The molecule has 0 aliphatic heterocycles. The third-order valence-electron chi connectivity index (χ3n) is 7.70. The molecule has 2 N–H and O–H groups in total. The molecule has 7 heteroatoms. The molecule has 3 unspecified atom stereocenters. The van der Waals surface area contributed by atoms with E-state index in [1.165, 1.54) is 12.8 Å². The van der Waals surface area contributed by atoms with Gasteiger partial charge in [0.25, 0.3) is 0 Å². The normalized spacial score (nSPS) is 29.0. The molecule has 3 atom stereocenters. The van der Waals surface area contributed by atoms with Gasteiger partial charge in [-0.15, -0.1) is 0 Å². The number of benzene rings is 1. The van der Waals surface area contributed by atoms with Crippen molar-refractivity contribution in [2.45, 2.75) is 69.7 Å². The van der Waals surface area contributed by atoms with E-state index in [4.69, 9.17) is 0 Å². The molecule has 4 rings (SSSR count). The number of rotatable bonds is 6. The van der Waals surface area contributed by atoms with Crippen LogP contribution < -0.4 is 10.0 Å². The van der Waals surface area contributed by atoms with Crippen LogP contribution in [0.5, 0.6) is 0 Å². The predicted octanol–water partition coefficient (Wildman–Crippen LogP) is 4.26. The summed E-state index contributed by atoms with van der Waals surface area (Å²) in [6.45, 7) is 4.93. The zero-order valence-electron chi connectivity index (χ0n) is 19.1. The lowest BCUT2D eigenvalue weighted by atomic mass is 9.77. The summed E-state index contributed by atoms with van der Waals surface area (Å²) in [6, 6.07) is 9.17. The number of amides is 1. The first kappa shape index (κ1) is 23.2. The predicted molar refractivity (Wildman–Crippen MR) is 126 cm³/mol. The Balaban J connectivity index is 1.29. The van der Waals surface area contributed by atoms with Gasteiger partial charge in [-0.3, -0.25) is 9.78 Å². The van der Waals surface area contributed by atoms with E-state index in [1.807, 2.05) is 12.1 Å². The fraction of sp³-hybridized carbons (Fsp3) is 0.600. The Bertz CT molecular complexity index is 1040. The lowest BCUT2D eigenvalue weighted by molar-refractivity contribution is -0.127. The average molecular weight is 458 g/mol. The maximum Gasteiger partial charge on any atom is 0.242 e. The van der Waals surface area contributed by atoms with E-state index in [1.54, 1.807) is 24.4 Å². The minimum atomic E-state index is -3.64. The molecule has 0 radical (unpaired) electrons. The van der Waals surface area contributed by atoms with Crippen LogP contribution in [0, 0.1) is 23.7 Å². The van der Waals surface area contributed by atoms with Crippen molar-refractivity contribution in [3.63, 3.8) is 0 Å². The van der Waals surface area contributed by atoms with Crippen molar-refractivity contribution in [1.29, 1.82) is 0 Å². The Morgan fingerprint density at radius 3 is 2.56 bits per heavy atom. The molecule has 2 fully saturated rings. The largest absolute Gasteiger partial charge is 0.353 e. The number of pyridine rings is 1. The zero-order valence-corrected chi connectivity index (χ0v) is 19.9. The van der Waals surface area contributed by atoms with Crippen LogP contribution >= 0.6 is 0 Å². The van der Waals surface area contributed by atoms with Gasteiger partial charge in [-0.25, -0.2) is 13.1 Å². The van der Waals surface area contributed by atoms with Crippen LogP contribution in [0.1, 0.15) is 58.8 Å². The van der Waals surface area contributed by atoms with E-state index in [0.29, 0.717) is 29.9 Å². The summed E-state index contributed by atoms with van der Waals surface area (Å²) in [4.78, 5) is 17.3. The van der Waals surface area contributed by atoms with Gasteiger partial charge in [0.05, 0.1) is 5.52 Å². The van der Waals surface area contributed by atoms with Crippen molar-refractivity contribution < 1.29 is 13.2 Å². The number of hydrogen-bond acceptors (Lipinski definition) is 4. The van der Waals surface area contributed by atoms with Crippen molar-refractivity contribution >= 4 is 26.8 Å². The van der Waals surface area contributed by atoms with E-state index >= 15 is 0 Å². The highest BCUT2D eigenvalue weighted by atomic mass is 32.2. The van der Waals surface area contributed by atoms with Gasteiger partial charge in [-0.1, -0.05) is 44.9 Å².